The molecule has 0 unspecified atom stereocenters. The molecule has 1 aliphatic carbocycles. The number of amides is 1. The fraction of sp³-hybridized carbons (Fsp3) is 0.364. The van der Waals surface area contributed by atoms with Gasteiger partial charge in [-0.05, 0) is 61.6 Å². The summed E-state index contributed by atoms with van der Waals surface area (Å²) in [4.78, 5) is 12.6. The second-order valence-corrected chi connectivity index (χ2v) is 8.93. The van der Waals surface area contributed by atoms with Crippen LogP contribution in [-0.2, 0) is 6.42 Å². The Kier molecular flexibility index (Phi) is 5.86. The van der Waals surface area contributed by atoms with Crippen LogP contribution < -0.4 is 10.6 Å². The average Bonchev–Trinajstić information content (AvgIpc) is 3.16. The monoisotopic (exact) mass is 438 g/mol. The van der Waals surface area contributed by atoms with E-state index in [4.69, 9.17) is 0 Å². The lowest BCUT2D eigenvalue weighted by molar-refractivity contribution is -0.0575. The quantitative estimate of drug-likeness (QED) is 0.353. The number of anilines is 1. The number of carbonyl (C=O) groups excluding carboxylic acids is 1. The molecule has 1 amide bonds. The molecule has 4 rings (SSSR count). The van der Waals surface area contributed by atoms with Gasteiger partial charge < -0.3 is 10.6 Å². The minimum atomic E-state index is -4.27. The van der Waals surface area contributed by atoms with E-state index >= 15 is 0 Å². The van der Waals surface area contributed by atoms with Crippen LogP contribution in [0.1, 0.15) is 41.6 Å². The van der Waals surface area contributed by atoms with Crippen LogP contribution in [-0.4, -0.2) is 29.0 Å². The molecule has 1 saturated carbocycles. The van der Waals surface area contributed by atoms with Crippen LogP contribution in [0.3, 0.4) is 0 Å². The number of hydrogen-bond acceptors (Lipinski definition) is 2. The van der Waals surface area contributed by atoms with E-state index in [0.717, 1.165) is 41.8 Å². The predicted octanol–water partition coefficient (Wildman–Crippen LogP) is 5.09. The van der Waals surface area contributed by atoms with Crippen molar-refractivity contribution < 1.29 is 22.4 Å². The van der Waals surface area contributed by atoms with Crippen LogP contribution >= 0.6 is 11.4 Å². The zero-order valence-electron chi connectivity index (χ0n) is 16.1. The van der Waals surface area contributed by atoms with Crippen LogP contribution in [0.15, 0.2) is 47.4 Å². The van der Waals surface area contributed by atoms with Crippen molar-refractivity contribution in [3.8, 4) is 0 Å². The largest absolute Gasteiger partial charge is 0.418 e. The van der Waals surface area contributed by atoms with Gasteiger partial charge >= 0.3 is 6.18 Å². The molecule has 2 aromatic carbocycles. The van der Waals surface area contributed by atoms with Crippen molar-refractivity contribution in [3.63, 3.8) is 0 Å². The van der Waals surface area contributed by atoms with Crippen molar-refractivity contribution >= 4 is 27.8 Å². The van der Waals surface area contributed by atoms with E-state index in [0.29, 0.717) is 5.56 Å². The molecule has 0 aromatic heterocycles. The Morgan fingerprint density at radius 1 is 0.967 bits per heavy atom. The zero-order valence-corrected chi connectivity index (χ0v) is 17.0. The van der Waals surface area contributed by atoms with Crippen molar-refractivity contribution in [1.82, 2.24) is 5.32 Å². The van der Waals surface area contributed by atoms with Crippen LogP contribution in [0.4, 0.5) is 23.2 Å². The first-order valence-electron chi connectivity index (χ1n) is 9.89. The average molecular weight is 438 g/mol. The van der Waals surface area contributed by atoms with E-state index in [9.17, 15) is 22.4 Å². The molecular weight excluding hydrogens is 416 g/mol. The Morgan fingerprint density at radius 3 is 2.30 bits per heavy atom. The normalized spacial score (nSPS) is 21.3. The summed E-state index contributed by atoms with van der Waals surface area (Å²) in [6.07, 6.45) is -1.14. The lowest BCUT2D eigenvalue weighted by Gasteiger charge is -2.30. The lowest BCUT2D eigenvalue weighted by atomic mass is 9.90. The molecule has 0 radical (unpaired) electrons. The van der Waals surface area contributed by atoms with Crippen LogP contribution in [0.2, 0.25) is 0 Å². The minimum Gasteiger partial charge on any atom is -0.381 e. The molecule has 1 aliphatic heterocycles. The number of fused-ring (bicyclic) bond motifs is 1. The van der Waals surface area contributed by atoms with Gasteiger partial charge in [0.15, 0.2) is 0 Å². The van der Waals surface area contributed by atoms with Crippen molar-refractivity contribution in [3.05, 3.63) is 59.4 Å². The number of carbonyl (C=O) groups is 1. The highest BCUT2D eigenvalue weighted by molar-refractivity contribution is 7.99. The van der Waals surface area contributed by atoms with E-state index in [1.807, 2.05) is 6.07 Å². The molecule has 0 saturated heterocycles. The Balaban J connectivity index is 1.34. The molecular formula is C22H22F4N2OS. The number of thiol groups is 1. The summed E-state index contributed by atoms with van der Waals surface area (Å²) < 4.78 is 52.3. The third-order valence-electron chi connectivity index (χ3n) is 5.58. The maximum absolute atomic E-state index is 13.1. The maximum Gasteiger partial charge on any atom is 0.418 e. The SMILES string of the molecule is O=C(N[C@H]1CC[C@@H](Nc2cccc3c2[SH]=C(C(F)(F)F)C3)CC1)c1ccc(F)cc1. The van der Waals surface area contributed by atoms with E-state index in [-0.39, 0.29) is 41.6 Å². The number of benzene rings is 2. The zero-order chi connectivity index (χ0) is 21.3. The molecule has 1 heterocycles. The van der Waals surface area contributed by atoms with Gasteiger partial charge in [0.2, 0.25) is 0 Å². The Labute approximate surface area is 175 Å². The van der Waals surface area contributed by atoms with Crippen molar-refractivity contribution in [2.75, 3.05) is 5.32 Å². The van der Waals surface area contributed by atoms with E-state index in [1.54, 1.807) is 12.1 Å². The summed E-state index contributed by atoms with van der Waals surface area (Å²) in [7, 11) is 0. The first-order chi connectivity index (χ1) is 14.3. The van der Waals surface area contributed by atoms with Gasteiger partial charge in [-0.15, -0.1) is 0 Å². The van der Waals surface area contributed by atoms with Gasteiger partial charge in [0, 0.05) is 34.7 Å². The summed E-state index contributed by atoms with van der Waals surface area (Å²) in [6.45, 7) is 0. The van der Waals surface area contributed by atoms with Gasteiger partial charge in [0.25, 0.3) is 5.91 Å². The predicted molar refractivity (Wildman–Crippen MR) is 112 cm³/mol. The van der Waals surface area contributed by atoms with Gasteiger partial charge in [-0.1, -0.05) is 12.1 Å². The molecule has 3 nitrogen and oxygen atoms in total. The fourth-order valence-electron chi connectivity index (χ4n) is 3.97. The lowest BCUT2D eigenvalue weighted by Crippen LogP contribution is -2.40. The number of halogens is 4. The molecule has 0 spiro atoms. The van der Waals surface area contributed by atoms with Crippen LogP contribution in [0.25, 0.3) is 0 Å². The summed E-state index contributed by atoms with van der Waals surface area (Å²) in [5, 5.41) is 6.41. The first kappa shape index (κ1) is 20.9. The number of alkyl halides is 3. The minimum absolute atomic E-state index is 0.0328. The molecule has 0 bridgehead atoms. The molecule has 2 aliphatic rings. The Bertz CT molecular complexity index is 964. The van der Waals surface area contributed by atoms with Crippen molar-refractivity contribution in [2.45, 2.75) is 55.3 Å². The molecule has 160 valence electrons. The van der Waals surface area contributed by atoms with Gasteiger partial charge in [0.05, 0.1) is 4.86 Å². The molecule has 2 N–H and O–H groups in total. The molecule has 8 heteroatoms. The highest BCUT2D eigenvalue weighted by Gasteiger charge is 2.37. The van der Waals surface area contributed by atoms with Gasteiger partial charge in [0.1, 0.15) is 5.82 Å². The molecule has 0 atom stereocenters. The second-order valence-electron chi connectivity index (χ2n) is 7.72. The maximum atomic E-state index is 13.1. The van der Waals surface area contributed by atoms with Gasteiger partial charge in [-0.2, -0.15) is 24.5 Å². The highest BCUT2D eigenvalue weighted by Crippen LogP contribution is 2.39. The number of nitrogens with one attached hydrogen (secondary N) is 2. The van der Waals surface area contributed by atoms with Crippen molar-refractivity contribution in [2.24, 2.45) is 0 Å². The summed E-state index contributed by atoms with van der Waals surface area (Å²) in [6, 6.07) is 11.0. The molecule has 1 fully saturated rings. The van der Waals surface area contributed by atoms with Crippen LogP contribution in [0.5, 0.6) is 0 Å². The molecule has 30 heavy (non-hydrogen) atoms. The Hall–Kier alpha value is -2.35. The fourth-order valence-corrected chi connectivity index (χ4v) is 5.18. The summed E-state index contributed by atoms with van der Waals surface area (Å²) in [5.41, 5.74) is 1.92. The summed E-state index contributed by atoms with van der Waals surface area (Å²) >= 11 is 0.237. The molecule has 2 aromatic rings. The number of rotatable bonds is 4. The van der Waals surface area contributed by atoms with E-state index in [2.05, 4.69) is 10.6 Å². The second kappa shape index (κ2) is 8.41. The highest BCUT2D eigenvalue weighted by atomic mass is 32.1. The standard InChI is InChI=1S/C22H22F4N2OS/c23-15-6-4-13(5-7-15)21(29)28-17-10-8-16(9-11-17)27-18-3-1-2-14-12-19(22(24,25)26)30-20(14)18/h1-7,16-17,27,30H,8-12H2,(H,28,29)/t16-,17+. The van der Waals surface area contributed by atoms with Crippen molar-refractivity contribution in [1.29, 1.82) is 0 Å². The van der Waals surface area contributed by atoms with Gasteiger partial charge in [-0.3, -0.25) is 4.79 Å². The van der Waals surface area contributed by atoms with E-state index in [1.165, 1.54) is 24.3 Å². The first-order valence-corrected chi connectivity index (χ1v) is 10.8. The van der Waals surface area contributed by atoms with Gasteiger partial charge in [-0.25, -0.2) is 4.39 Å². The van der Waals surface area contributed by atoms with E-state index < -0.39 is 11.0 Å². The topological polar surface area (TPSA) is 41.1 Å². The smallest absolute Gasteiger partial charge is 0.381 e. The third kappa shape index (κ3) is 4.69. The summed E-state index contributed by atoms with van der Waals surface area (Å²) in [5.74, 6) is -0.605. The van der Waals surface area contributed by atoms with Crippen LogP contribution in [0, 0.1) is 5.82 Å². The Morgan fingerprint density at radius 2 is 1.63 bits per heavy atom. The number of hydrogen-bond donors (Lipinski definition) is 3. The third-order valence-corrected chi connectivity index (χ3v) is 7.01.